The summed E-state index contributed by atoms with van der Waals surface area (Å²) in [6.45, 7) is 6.50. The van der Waals surface area contributed by atoms with Gasteiger partial charge in [-0.15, -0.1) is 0 Å². The fourth-order valence-electron chi connectivity index (χ4n) is 3.22. The third kappa shape index (κ3) is 4.58. The first-order valence-corrected chi connectivity index (χ1v) is 8.79. The second-order valence-electron chi connectivity index (χ2n) is 6.13. The lowest BCUT2D eigenvalue weighted by Crippen LogP contribution is -2.52. The van der Waals surface area contributed by atoms with Crippen molar-refractivity contribution in [3.63, 3.8) is 0 Å². The normalized spacial score (nSPS) is 23.1. The van der Waals surface area contributed by atoms with Crippen molar-refractivity contribution in [2.45, 2.75) is 12.5 Å². The second-order valence-corrected chi connectivity index (χ2v) is 6.97. The molecule has 0 aliphatic carbocycles. The summed E-state index contributed by atoms with van der Waals surface area (Å²) >= 11 is 12.0. The summed E-state index contributed by atoms with van der Waals surface area (Å²) in [6.07, 6.45) is 1.23. The number of benzene rings is 1. The van der Waals surface area contributed by atoms with Gasteiger partial charge in [0, 0.05) is 43.8 Å². The van der Waals surface area contributed by atoms with E-state index < -0.39 is 0 Å². The first-order chi connectivity index (χ1) is 11.1. The second kappa shape index (κ2) is 7.81. The summed E-state index contributed by atoms with van der Waals surface area (Å²) in [5, 5.41) is 7.31. The van der Waals surface area contributed by atoms with E-state index in [1.54, 1.807) is 18.2 Å². The molecule has 1 atom stereocenters. The monoisotopic (exact) mass is 356 g/mol. The van der Waals surface area contributed by atoms with Crippen molar-refractivity contribution in [2.75, 3.05) is 51.1 Å². The van der Waals surface area contributed by atoms with Crippen LogP contribution in [-0.2, 0) is 4.79 Å². The Bertz CT molecular complexity index is 555. The van der Waals surface area contributed by atoms with Gasteiger partial charge in [0.1, 0.15) is 0 Å². The van der Waals surface area contributed by atoms with Gasteiger partial charge in [-0.05, 0) is 31.2 Å². The maximum absolute atomic E-state index is 12.2. The lowest BCUT2D eigenvalue weighted by molar-refractivity contribution is -0.117. The minimum atomic E-state index is -0.0508. The Morgan fingerprint density at radius 2 is 2.04 bits per heavy atom. The van der Waals surface area contributed by atoms with Gasteiger partial charge in [0.2, 0.25) is 5.91 Å². The first-order valence-electron chi connectivity index (χ1n) is 8.04. The van der Waals surface area contributed by atoms with E-state index in [0.717, 1.165) is 39.3 Å². The maximum Gasteiger partial charge on any atom is 0.238 e. The number of amides is 1. The summed E-state index contributed by atoms with van der Waals surface area (Å²) in [5.41, 5.74) is 0.569. The molecule has 2 fully saturated rings. The van der Waals surface area contributed by atoms with E-state index >= 15 is 0 Å². The van der Waals surface area contributed by atoms with Crippen molar-refractivity contribution < 1.29 is 4.79 Å². The molecule has 0 spiro atoms. The highest BCUT2D eigenvalue weighted by atomic mass is 35.5. The molecule has 1 amide bonds. The molecule has 2 aliphatic heterocycles. The lowest BCUT2D eigenvalue weighted by Gasteiger charge is -2.37. The number of piperazine rings is 1. The molecule has 1 unspecified atom stereocenters. The minimum Gasteiger partial charge on any atom is -0.324 e. The Labute approximate surface area is 146 Å². The Kier molecular flexibility index (Phi) is 5.77. The van der Waals surface area contributed by atoms with Crippen molar-refractivity contribution >= 4 is 34.8 Å². The predicted octanol–water partition coefficient (Wildman–Crippen LogP) is 1.91. The van der Waals surface area contributed by atoms with Crippen molar-refractivity contribution in [2.24, 2.45) is 0 Å². The lowest BCUT2D eigenvalue weighted by atomic mass is 10.2. The van der Waals surface area contributed by atoms with Gasteiger partial charge in [-0.1, -0.05) is 23.2 Å². The van der Waals surface area contributed by atoms with Crippen molar-refractivity contribution in [1.82, 2.24) is 15.1 Å². The molecular formula is C16H22Cl2N4O. The Morgan fingerprint density at radius 3 is 2.74 bits per heavy atom. The number of nitrogens with one attached hydrogen (secondary N) is 2. The molecule has 126 valence electrons. The summed E-state index contributed by atoms with van der Waals surface area (Å²) in [4.78, 5) is 16.9. The van der Waals surface area contributed by atoms with Crippen LogP contribution < -0.4 is 10.6 Å². The highest BCUT2D eigenvalue weighted by molar-refractivity contribution is 6.35. The van der Waals surface area contributed by atoms with Gasteiger partial charge in [0.05, 0.1) is 17.3 Å². The number of hydrogen-bond donors (Lipinski definition) is 2. The molecule has 5 nitrogen and oxygen atoms in total. The summed E-state index contributed by atoms with van der Waals surface area (Å²) in [6, 6.07) is 5.73. The molecule has 2 N–H and O–H groups in total. The van der Waals surface area contributed by atoms with Crippen LogP contribution in [0.25, 0.3) is 0 Å². The van der Waals surface area contributed by atoms with Crippen LogP contribution in [0.3, 0.4) is 0 Å². The van der Waals surface area contributed by atoms with Crippen molar-refractivity contribution in [3.05, 3.63) is 28.2 Å². The number of anilines is 1. The quantitative estimate of drug-likeness (QED) is 0.864. The molecule has 0 bridgehead atoms. The average Bonchev–Trinajstić information content (AvgIpc) is 3.06. The molecule has 1 aromatic rings. The zero-order chi connectivity index (χ0) is 16.2. The van der Waals surface area contributed by atoms with Gasteiger partial charge in [-0.2, -0.15) is 0 Å². The van der Waals surface area contributed by atoms with Crippen LogP contribution in [0.15, 0.2) is 18.2 Å². The first kappa shape index (κ1) is 17.0. The molecule has 7 heteroatoms. The van der Waals surface area contributed by atoms with Crippen LogP contribution in [0.2, 0.25) is 10.0 Å². The van der Waals surface area contributed by atoms with Gasteiger partial charge in [-0.25, -0.2) is 0 Å². The topological polar surface area (TPSA) is 47.6 Å². The van der Waals surface area contributed by atoms with Crippen molar-refractivity contribution in [1.29, 1.82) is 0 Å². The van der Waals surface area contributed by atoms with E-state index in [-0.39, 0.29) is 5.91 Å². The van der Waals surface area contributed by atoms with Crippen molar-refractivity contribution in [3.8, 4) is 0 Å². The fraction of sp³-hybridized carbons (Fsp3) is 0.562. The zero-order valence-electron chi connectivity index (χ0n) is 13.0. The van der Waals surface area contributed by atoms with Crippen LogP contribution in [0.4, 0.5) is 5.69 Å². The van der Waals surface area contributed by atoms with Gasteiger partial charge in [-0.3, -0.25) is 14.6 Å². The number of hydrogen-bond acceptors (Lipinski definition) is 4. The molecule has 3 rings (SSSR count). The third-order valence-electron chi connectivity index (χ3n) is 4.53. The molecular weight excluding hydrogens is 335 g/mol. The van der Waals surface area contributed by atoms with E-state index in [9.17, 15) is 4.79 Å². The zero-order valence-corrected chi connectivity index (χ0v) is 14.5. The summed E-state index contributed by atoms with van der Waals surface area (Å²) in [5.74, 6) is -0.0508. The molecule has 2 aliphatic rings. The molecule has 23 heavy (non-hydrogen) atoms. The SMILES string of the molecule is O=C(CN1CCN(C2CCNC2)CC1)Nc1cc(Cl)ccc1Cl. The van der Waals surface area contributed by atoms with Crippen LogP contribution in [0.5, 0.6) is 0 Å². The van der Waals surface area contributed by atoms with Gasteiger partial charge in [0.25, 0.3) is 0 Å². The fourth-order valence-corrected chi connectivity index (χ4v) is 3.56. The number of rotatable bonds is 4. The van der Waals surface area contributed by atoms with E-state index in [4.69, 9.17) is 23.2 Å². The van der Waals surface area contributed by atoms with E-state index in [0.29, 0.717) is 28.3 Å². The largest absolute Gasteiger partial charge is 0.324 e. The number of carbonyl (C=O) groups excluding carboxylic acids is 1. The molecule has 1 aromatic carbocycles. The third-order valence-corrected chi connectivity index (χ3v) is 5.09. The molecule has 0 radical (unpaired) electrons. The van der Waals surface area contributed by atoms with Crippen LogP contribution >= 0.6 is 23.2 Å². The molecule has 0 saturated carbocycles. The average molecular weight is 357 g/mol. The highest BCUT2D eigenvalue weighted by Crippen LogP contribution is 2.25. The molecule has 0 aromatic heterocycles. The summed E-state index contributed by atoms with van der Waals surface area (Å²) in [7, 11) is 0. The van der Waals surface area contributed by atoms with Gasteiger partial charge in [0.15, 0.2) is 0 Å². The van der Waals surface area contributed by atoms with Crippen LogP contribution in [0, 0.1) is 0 Å². The number of carbonyl (C=O) groups is 1. The maximum atomic E-state index is 12.2. The Balaban J connectivity index is 1.46. The Hall–Kier alpha value is -0.850. The molecule has 2 heterocycles. The highest BCUT2D eigenvalue weighted by Gasteiger charge is 2.26. The summed E-state index contributed by atoms with van der Waals surface area (Å²) < 4.78 is 0. The standard InChI is InChI=1S/C16H22Cl2N4O/c17-12-1-2-14(18)15(9-12)20-16(23)11-21-5-7-22(8-6-21)13-3-4-19-10-13/h1-2,9,13,19H,3-8,10-11H2,(H,20,23). The molecule has 2 saturated heterocycles. The van der Waals surface area contributed by atoms with Gasteiger partial charge >= 0.3 is 0 Å². The van der Waals surface area contributed by atoms with E-state index in [1.165, 1.54) is 6.42 Å². The van der Waals surface area contributed by atoms with Crippen LogP contribution in [-0.4, -0.2) is 67.6 Å². The number of nitrogens with zero attached hydrogens (tertiary/aromatic N) is 2. The minimum absolute atomic E-state index is 0.0508. The van der Waals surface area contributed by atoms with E-state index in [2.05, 4.69) is 20.4 Å². The number of halogens is 2. The van der Waals surface area contributed by atoms with Gasteiger partial charge < -0.3 is 10.6 Å². The predicted molar refractivity (Wildman–Crippen MR) is 94.4 cm³/mol. The smallest absolute Gasteiger partial charge is 0.238 e. The Morgan fingerprint density at radius 1 is 1.26 bits per heavy atom. The van der Waals surface area contributed by atoms with E-state index in [1.807, 2.05) is 0 Å². The van der Waals surface area contributed by atoms with Crippen LogP contribution in [0.1, 0.15) is 6.42 Å².